The van der Waals surface area contributed by atoms with Crippen molar-refractivity contribution in [2.24, 2.45) is 0 Å². The molecule has 0 amide bonds. The van der Waals surface area contributed by atoms with Crippen LogP contribution in [0, 0.1) is 7.14 Å². The minimum atomic E-state index is 0.449. The summed E-state index contributed by atoms with van der Waals surface area (Å²) in [6, 6.07) is 4.03. The van der Waals surface area contributed by atoms with Crippen LogP contribution in [0.25, 0.3) is 11.0 Å². The highest BCUT2D eigenvalue weighted by atomic mass is 127. The van der Waals surface area contributed by atoms with Gasteiger partial charge in [0.15, 0.2) is 0 Å². The Bertz CT molecular complexity index is 438. The fourth-order valence-electron chi connectivity index (χ4n) is 0.987. The van der Waals surface area contributed by atoms with E-state index in [1.807, 2.05) is 12.1 Å². The second-order valence-electron chi connectivity index (χ2n) is 2.29. The summed E-state index contributed by atoms with van der Waals surface area (Å²) in [6.07, 6.45) is 0. The molecular weight excluding hydrogens is 401 g/mol. The summed E-state index contributed by atoms with van der Waals surface area (Å²) in [4.78, 5) is 7.14. The first-order chi connectivity index (χ1) is 5.68. The quantitative estimate of drug-likeness (QED) is 0.670. The Labute approximate surface area is 101 Å². The predicted octanol–water partition coefficient (Wildman–Crippen LogP) is 3.43. The number of aromatic nitrogens is 2. The number of benzene rings is 1. The molecule has 2 nitrogen and oxygen atoms in total. The number of nitrogens with one attached hydrogen (secondary N) is 1. The highest BCUT2D eigenvalue weighted by molar-refractivity contribution is 14.1. The Morgan fingerprint density at radius 3 is 2.83 bits per heavy atom. The molecule has 0 aliphatic rings. The number of H-pyrrole nitrogens is 1. The molecule has 0 fully saturated rings. The van der Waals surface area contributed by atoms with E-state index >= 15 is 0 Å². The standard InChI is InChI=1S/C7H3ClI2N2/c8-7-11-4-2-1-3(9)5(10)6(4)12-7/h1-2H,(H,11,12). The van der Waals surface area contributed by atoms with Crippen LogP contribution >= 0.6 is 56.8 Å². The fraction of sp³-hybridized carbons (Fsp3) is 0. The van der Waals surface area contributed by atoms with Crippen LogP contribution in [0.5, 0.6) is 0 Å². The largest absolute Gasteiger partial charge is 0.329 e. The Hall–Kier alpha value is 0.440. The first kappa shape index (κ1) is 9.01. The summed E-state index contributed by atoms with van der Waals surface area (Å²) in [6.45, 7) is 0. The molecule has 0 spiro atoms. The number of nitrogens with zero attached hydrogens (tertiary/aromatic N) is 1. The van der Waals surface area contributed by atoms with E-state index in [-0.39, 0.29) is 0 Å². The molecule has 0 bridgehead atoms. The second-order valence-corrected chi connectivity index (χ2v) is 4.88. The lowest BCUT2D eigenvalue weighted by Crippen LogP contribution is -1.80. The van der Waals surface area contributed by atoms with Crippen LogP contribution in [0.1, 0.15) is 0 Å². The maximum absolute atomic E-state index is 5.73. The highest BCUT2D eigenvalue weighted by Crippen LogP contribution is 2.24. The molecule has 1 heterocycles. The van der Waals surface area contributed by atoms with Gasteiger partial charge in [0.05, 0.1) is 9.09 Å². The summed E-state index contributed by atoms with van der Waals surface area (Å²) in [5.74, 6) is 0. The van der Waals surface area contributed by atoms with Gasteiger partial charge in [-0.3, -0.25) is 0 Å². The van der Waals surface area contributed by atoms with Gasteiger partial charge < -0.3 is 4.98 Å². The van der Waals surface area contributed by atoms with Crippen LogP contribution < -0.4 is 0 Å². The number of rotatable bonds is 0. The van der Waals surface area contributed by atoms with Gasteiger partial charge in [0.2, 0.25) is 5.28 Å². The van der Waals surface area contributed by atoms with Gasteiger partial charge in [-0.15, -0.1) is 0 Å². The zero-order valence-corrected chi connectivity index (χ0v) is 10.8. The number of hydrogen-bond donors (Lipinski definition) is 1. The van der Waals surface area contributed by atoms with Crippen molar-refractivity contribution in [1.29, 1.82) is 0 Å². The van der Waals surface area contributed by atoms with E-state index in [1.54, 1.807) is 0 Å². The van der Waals surface area contributed by atoms with Gasteiger partial charge in [0.1, 0.15) is 5.52 Å². The molecule has 2 aromatic rings. The van der Waals surface area contributed by atoms with E-state index in [1.165, 1.54) is 3.57 Å². The first-order valence-electron chi connectivity index (χ1n) is 3.17. The van der Waals surface area contributed by atoms with Crippen molar-refractivity contribution in [3.05, 3.63) is 24.6 Å². The van der Waals surface area contributed by atoms with Crippen molar-refractivity contribution < 1.29 is 0 Å². The van der Waals surface area contributed by atoms with Crippen LogP contribution in [0.3, 0.4) is 0 Å². The zero-order valence-electron chi connectivity index (χ0n) is 5.74. The Balaban J connectivity index is 2.89. The van der Waals surface area contributed by atoms with E-state index in [2.05, 4.69) is 55.1 Å². The van der Waals surface area contributed by atoms with Crippen LogP contribution in [-0.4, -0.2) is 9.97 Å². The summed E-state index contributed by atoms with van der Waals surface area (Å²) < 4.78 is 2.35. The van der Waals surface area contributed by atoms with Gasteiger partial charge in [-0.25, -0.2) is 4.98 Å². The van der Waals surface area contributed by atoms with Crippen molar-refractivity contribution in [2.45, 2.75) is 0 Å². The molecule has 1 aromatic heterocycles. The van der Waals surface area contributed by atoms with E-state index in [0.29, 0.717) is 5.28 Å². The molecule has 2 rings (SSSR count). The van der Waals surface area contributed by atoms with Crippen LogP contribution in [0.2, 0.25) is 5.28 Å². The van der Waals surface area contributed by atoms with Crippen LogP contribution in [-0.2, 0) is 0 Å². The molecule has 62 valence electrons. The molecule has 1 aromatic carbocycles. The molecule has 0 aliphatic carbocycles. The molecule has 0 saturated heterocycles. The lowest BCUT2D eigenvalue weighted by molar-refractivity contribution is 1.34. The molecule has 5 heteroatoms. The number of imidazole rings is 1. The maximum Gasteiger partial charge on any atom is 0.201 e. The van der Waals surface area contributed by atoms with Gasteiger partial charge in [-0.05, 0) is 68.9 Å². The van der Waals surface area contributed by atoms with E-state index < -0.39 is 0 Å². The maximum atomic E-state index is 5.73. The topological polar surface area (TPSA) is 28.7 Å². The van der Waals surface area contributed by atoms with E-state index in [0.717, 1.165) is 14.6 Å². The number of hydrogen-bond acceptors (Lipinski definition) is 1. The first-order valence-corrected chi connectivity index (χ1v) is 5.71. The van der Waals surface area contributed by atoms with E-state index in [4.69, 9.17) is 11.6 Å². The lowest BCUT2D eigenvalue weighted by Gasteiger charge is -1.94. The van der Waals surface area contributed by atoms with Gasteiger partial charge >= 0.3 is 0 Å². The average molecular weight is 404 g/mol. The minimum Gasteiger partial charge on any atom is -0.329 e. The third-order valence-electron chi connectivity index (χ3n) is 1.52. The van der Waals surface area contributed by atoms with Crippen molar-refractivity contribution in [3.63, 3.8) is 0 Å². The van der Waals surface area contributed by atoms with Gasteiger partial charge in [0, 0.05) is 3.57 Å². The third kappa shape index (κ3) is 1.44. The average Bonchev–Trinajstić information content (AvgIpc) is 2.39. The van der Waals surface area contributed by atoms with Crippen molar-refractivity contribution >= 4 is 67.8 Å². The third-order valence-corrected chi connectivity index (χ3v) is 4.72. The van der Waals surface area contributed by atoms with Crippen LogP contribution in [0.15, 0.2) is 12.1 Å². The fourth-order valence-corrected chi connectivity index (χ4v) is 2.20. The van der Waals surface area contributed by atoms with E-state index in [9.17, 15) is 0 Å². The molecule has 0 aliphatic heterocycles. The molecule has 12 heavy (non-hydrogen) atoms. The van der Waals surface area contributed by atoms with Gasteiger partial charge in [-0.1, -0.05) is 0 Å². The second kappa shape index (κ2) is 3.30. The molecule has 0 saturated carbocycles. The van der Waals surface area contributed by atoms with Gasteiger partial charge in [0.25, 0.3) is 0 Å². The van der Waals surface area contributed by atoms with Crippen LogP contribution in [0.4, 0.5) is 0 Å². The molecule has 0 atom stereocenters. The predicted molar refractivity (Wildman–Crippen MR) is 66.5 cm³/mol. The summed E-state index contributed by atoms with van der Waals surface area (Å²) in [5.41, 5.74) is 1.94. The van der Waals surface area contributed by atoms with Gasteiger partial charge in [-0.2, -0.15) is 0 Å². The Morgan fingerprint density at radius 1 is 1.33 bits per heavy atom. The monoisotopic (exact) mass is 404 g/mol. The Kier molecular flexibility index (Phi) is 2.48. The highest BCUT2D eigenvalue weighted by Gasteiger charge is 2.06. The number of aromatic amines is 1. The Morgan fingerprint density at radius 2 is 2.08 bits per heavy atom. The zero-order chi connectivity index (χ0) is 8.72. The number of fused-ring (bicyclic) bond motifs is 1. The SMILES string of the molecule is Clc1nc2c(I)c(I)ccc2[nH]1. The lowest BCUT2D eigenvalue weighted by atomic mass is 10.3. The summed E-state index contributed by atoms with van der Waals surface area (Å²) in [5, 5.41) is 0.449. The molecule has 0 radical (unpaired) electrons. The van der Waals surface area contributed by atoms with Crippen molar-refractivity contribution in [1.82, 2.24) is 9.97 Å². The molecule has 0 unspecified atom stereocenters. The number of halogens is 3. The minimum absolute atomic E-state index is 0.449. The normalized spacial score (nSPS) is 10.9. The van der Waals surface area contributed by atoms with Crippen molar-refractivity contribution in [2.75, 3.05) is 0 Å². The smallest absolute Gasteiger partial charge is 0.201 e. The van der Waals surface area contributed by atoms with Crippen molar-refractivity contribution in [3.8, 4) is 0 Å². The molecular formula is C7H3ClI2N2. The summed E-state index contributed by atoms with van der Waals surface area (Å²) >= 11 is 10.3. The molecule has 1 N–H and O–H groups in total. The summed E-state index contributed by atoms with van der Waals surface area (Å²) in [7, 11) is 0.